The van der Waals surface area contributed by atoms with Crippen molar-refractivity contribution in [3.05, 3.63) is 48.0 Å². The summed E-state index contributed by atoms with van der Waals surface area (Å²) < 4.78 is 57.9. The van der Waals surface area contributed by atoms with Gasteiger partial charge in [0.1, 0.15) is 5.75 Å². The molecule has 27 heavy (non-hydrogen) atoms. The zero-order chi connectivity index (χ0) is 19.8. The molecule has 2 aromatic carbocycles. The first-order valence-electron chi connectivity index (χ1n) is 7.97. The summed E-state index contributed by atoms with van der Waals surface area (Å²) in [6.07, 6.45) is -0.123. The summed E-state index contributed by atoms with van der Waals surface area (Å²) in [5.41, 5.74) is 0.757. The summed E-state index contributed by atoms with van der Waals surface area (Å²) in [5.74, 6) is -0.287. The number of sulfonamides is 2. The van der Waals surface area contributed by atoms with Crippen LogP contribution in [0.4, 0.5) is 11.4 Å². The van der Waals surface area contributed by atoms with Gasteiger partial charge in [-0.3, -0.25) is 9.52 Å². The van der Waals surface area contributed by atoms with Gasteiger partial charge < -0.3 is 4.74 Å². The Morgan fingerprint density at radius 1 is 1.11 bits per heavy atom. The minimum absolute atomic E-state index is 0.0122. The molecule has 1 aliphatic rings. The molecule has 1 N–H and O–H groups in total. The minimum atomic E-state index is -3.99. The molecular weight excluding hydrogens is 392 g/mol. The van der Waals surface area contributed by atoms with Crippen LogP contribution < -0.4 is 13.8 Å². The van der Waals surface area contributed by atoms with Crippen molar-refractivity contribution in [1.29, 1.82) is 0 Å². The van der Waals surface area contributed by atoms with E-state index in [1.165, 1.54) is 25.3 Å². The molecule has 0 bridgehead atoms. The highest BCUT2D eigenvalue weighted by Crippen LogP contribution is 2.30. The maximum absolute atomic E-state index is 12.8. The molecule has 10 heteroatoms. The van der Waals surface area contributed by atoms with E-state index in [0.29, 0.717) is 21.3 Å². The van der Waals surface area contributed by atoms with Gasteiger partial charge in [0.05, 0.1) is 23.4 Å². The number of methoxy groups -OCH3 is 1. The second-order valence-electron chi connectivity index (χ2n) is 6.01. The lowest BCUT2D eigenvalue weighted by Crippen LogP contribution is -2.29. The highest BCUT2D eigenvalue weighted by atomic mass is 32.2. The van der Waals surface area contributed by atoms with E-state index >= 15 is 0 Å². The van der Waals surface area contributed by atoms with Gasteiger partial charge >= 0.3 is 0 Å². The van der Waals surface area contributed by atoms with E-state index in [9.17, 15) is 21.6 Å². The van der Waals surface area contributed by atoms with Gasteiger partial charge in [0.25, 0.3) is 10.0 Å². The molecule has 8 nitrogen and oxygen atoms in total. The molecule has 1 amide bonds. The molecule has 0 aliphatic carbocycles. The first kappa shape index (κ1) is 19.2. The average Bonchev–Trinajstić information content (AvgIpc) is 2.89. The smallest absolute Gasteiger partial charge is 0.262 e. The van der Waals surface area contributed by atoms with Crippen LogP contribution in [0.25, 0.3) is 0 Å². The quantitative estimate of drug-likeness (QED) is 0.806. The summed E-state index contributed by atoms with van der Waals surface area (Å²) in [4.78, 5) is 11.9. The lowest BCUT2D eigenvalue weighted by molar-refractivity contribution is -0.116. The van der Waals surface area contributed by atoms with Crippen molar-refractivity contribution in [1.82, 2.24) is 0 Å². The summed E-state index contributed by atoms with van der Waals surface area (Å²) in [6.45, 7) is 1.59. The van der Waals surface area contributed by atoms with Crippen molar-refractivity contribution in [2.24, 2.45) is 0 Å². The Bertz CT molecular complexity index is 1090. The SMILES string of the molecule is COc1ccc(NS(=O)(=O)c2cc(N3C(=O)CCS3(=O)=O)ccc2C)cc1. The molecule has 3 rings (SSSR count). The lowest BCUT2D eigenvalue weighted by Gasteiger charge is -2.17. The third kappa shape index (κ3) is 3.76. The standard InChI is InChI=1S/C17H18N2O6S2/c1-12-3-6-14(19-17(20)9-10-26(19,21)22)11-16(12)27(23,24)18-13-4-7-15(25-2)8-5-13/h3-8,11,18H,9-10H2,1-2H3. The van der Waals surface area contributed by atoms with Gasteiger partial charge in [0, 0.05) is 12.1 Å². The van der Waals surface area contributed by atoms with Crippen LogP contribution in [0.1, 0.15) is 12.0 Å². The van der Waals surface area contributed by atoms with Crippen molar-refractivity contribution < 1.29 is 26.4 Å². The molecular formula is C17H18N2O6S2. The Labute approximate surface area is 157 Å². The van der Waals surface area contributed by atoms with E-state index < -0.39 is 26.0 Å². The van der Waals surface area contributed by atoms with Crippen LogP contribution in [0.5, 0.6) is 5.75 Å². The third-order valence-electron chi connectivity index (χ3n) is 4.12. The predicted molar refractivity (Wildman–Crippen MR) is 101 cm³/mol. The molecule has 1 saturated heterocycles. The van der Waals surface area contributed by atoms with Gasteiger partial charge in [0.15, 0.2) is 0 Å². The number of hydrogen-bond acceptors (Lipinski definition) is 6. The van der Waals surface area contributed by atoms with Crippen LogP contribution in [0, 0.1) is 6.92 Å². The molecule has 2 aromatic rings. The molecule has 0 spiro atoms. The Kier molecular flexibility index (Phi) is 4.87. The van der Waals surface area contributed by atoms with Gasteiger partial charge in [0.2, 0.25) is 15.9 Å². The van der Waals surface area contributed by atoms with Crippen LogP contribution in [0.15, 0.2) is 47.4 Å². The lowest BCUT2D eigenvalue weighted by atomic mass is 10.2. The Balaban J connectivity index is 1.99. The number of benzene rings is 2. The number of nitrogens with zero attached hydrogens (tertiary/aromatic N) is 1. The van der Waals surface area contributed by atoms with E-state index in [0.717, 1.165) is 0 Å². The summed E-state index contributed by atoms with van der Waals surface area (Å²) >= 11 is 0. The Morgan fingerprint density at radius 2 is 1.78 bits per heavy atom. The fourth-order valence-corrected chi connectivity index (χ4v) is 5.52. The van der Waals surface area contributed by atoms with Gasteiger partial charge in [-0.25, -0.2) is 21.1 Å². The molecule has 0 radical (unpaired) electrons. The van der Waals surface area contributed by atoms with Gasteiger partial charge in [-0.05, 0) is 48.9 Å². The molecule has 0 saturated carbocycles. The van der Waals surface area contributed by atoms with E-state index in [-0.39, 0.29) is 22.8 Å². The topological polar surface area (TPSA) is 110 Å². The van der Waals surface area contributed by atoms with Crippen molar-refractivity contribution in [3.8, 4) is 5.75 Å². The van der Waals surface area contributed by atoms with Crippen LogP contribution in [-0.4, -0.2) is 35.6 Å². The van der Waals surface area contributed by atoms with Gasteiger partial charge in [-0.2, -0.15) is 0 Å². The van der Waals surface area contributed by atoms with Crippen molar-refractivity contribution >= 4 is 37.3 Å². The fraction of sp³-hybridized carbons (Fsp3) is 0.235. The van der Waals surface area contributed by atoms with Crippen LogP contribution in [-0.2, 0) is 24.8 Å². The maximum atomic E-state index is 12.8. The largest absolute Gasteiger partial charge is 0.497 e. The van der Waals surface area contributed by atoms with Crippen LogP contribution in [0.3, 0.4) is 0 Å². The van der Waals surface area contributed by atoms with E-state index in [2.05, 4.69) is 4.72 Å². The summed E-state index contributed by atoms with van der Waals surface area (Å²) in [5, 5.41) is 0. The minimum Gasteiger partial charge on any atom is -0.497 e. The number of carbonyl (C=O) groups is 1. The molecule has 0 atom stereocenters. The molecule has 1 fully saturated rings. The number of anilines is 2. The van der Waals surface area contributed by atoms with Crippen LogP contribution >= 0.6 is 0 Å². The second kappa shape index (κ2) is 6.86. The average molecular weight is 410 g/mol. The number of hydrogen-bond donors (Lipinski definition) is 1. The highest BCUT2D eigenvalue weighted by Gasteiger charge is 2.37. The number of nitrogens with one attached hydrogen (secondary N) is 1. The molecule has 1 aliphatic heterocycles. The zero-order valence-corrected chi connectivity index (χ0v) is 16.3. The van der Waals surface area contributed by atoms with Gasteiger partial charge in [-0.15, -0.1) is 0 Å². The second-order valence-corrected chi connectivity index (χ2v) is 9.60. The zero-order valence-electron chi connectivity index (χ0n) is 14.7. The monoisotopic (exact) mass is 410 g/mol. The molecule has 1 heterocycles. The first-order chi connectivity index (χ1) is 12.6. The number of ether oxygens (including phenoxy) is 1. The van der Waals surface area contributed by atoms with Crippen LogP contribution in [0.2, 0.25) is 0 Å². The molecule has 144 valence electrons. The van der Waals surface area contributed by atoms with Gasteiger partial charge in [-0.1, -0.05) is 6.07 Å². The predicted octanol–water partition coefficient (Wildman–Crippen LogP) is 1.87. The Morgan fingerprint density at radius 3 is 2.33 bits per heavy atom. The molecule has 0 aromatic heterocycles. The fourth-order valence-electron chi connectivity index (χ4n) is 2.74. The molecule has 0 unspecified atom stereocenters. The first-order valence-corrected chi connectivity index (χ1v) is 11.1. The number of carbonyl (C=O) groups excluding carboxylic acids is 1. The van der Waals surface area contributed by atoms with Crippen molar-refractivity contribution in [3.63, 3.8) is 0 Å². The number of rotatable bonds is 5. The maximum Gasteiger partial charge on any atom is 0.262 e. The van der Waals surface area contributed by atoms with E-state index in [4.69, 9.17) is 4.74 Å². The van der Waals surface area contributed by atoms with Crippen molar-refractivity contribution in [2.45, 2.75) is 18.2 Å². The number of aryl methyl sites for hydroxylation is 1. The number of amides is 1. The van der Waals surface area contributed by atoms with Crippen molar-refractivity contribution in [2.75, 3.05) is 21.9 Å². The van der Waals surface area contributed by atoms with E-state index in [1.807, 2.05) is 0 Å². The summed E-state index contributed by atoms with van der Waals surface area (Å²) in [6, 6.07) is 10.4. The summed E-state index contributed by atoms with van der Waals surface area (Å²) in [7, 11) is -6.27. The normalized spacial score (nSPS) is 16.4. The van der Waals surface area contributed by atoms with E-state index in [1.54, 1.807) is 31.2 Å². The Hall–Kier alpha value is -2.59. The highest BCUT2D eigenvalue weighted by molar-refractivity contribution is 7.94. The third-order valence-corrected chi connectivity index (χ3v) is 7.33.